The van der Waals surface area contributed by atoms with Gasteiger partial charge in [-0.1, -0.05) is 18.2 Å². The fraction of sp³-hybridized carbons (Fsp3) is 0.417. The van der Waals surface area contributed by atoms with Crippen molar-refractivity contribution in [2.75, 3.05) is 18.2 Å². The molecule has 5 heteroatoms. The normalized spacial score (nSPS) is 9.71. The van der Waals surface area contributed by atoms with Crippen molar-refractivity contribution in [1.82, 2.24) is 0 Å². The standard InChI is InChI=1S/C12H16N2O3/c1-2-17-12(15)9-6-10-14(13-16)11-7-4-3-5-8-11/h3-5,7-8H,2,6,9-10H2,1H3. The van der Waals surface area contributed by atoms with Gasteiger partial charge in [-0.05, 0) is 25.5 Å². The molecular formula is C12H16N2O3. The minimum Gasteiger partial charge on any atom is -0.466 e. The summed E-state index contributed by atoms with van der Waals surface area (Å²) in [6.07, 6.45) is 0.839. The van der Waals surface area contributed by atoms with E-state index >= 15 is 0 Å². The fourth-order valence-electron chi connectivity index (χ4n) is 1.42. The molecule has 0 amide bonds. The van der Waals surface area contributed by atoms with Gasteiger partial charge in [0.2, 0.25) is 0 Å². The SMILES string of the molecule is CCOC(=O)CCCN(N=O)c1ccccc1. The van der Waals surface area contributed by atoms with Crippen LogP contribution in [0.2, 0.25) is 0 Å². The number of rotatable bonds is 7. The Balaban J connectivity index is 2.39. The average Bonchev–Trinajstić information content (AvgIpc) is 2.36. The Kier molecular flexibility index (Phi) is 5.71. The molecule has 0 bridgehead atoms. The van der Waals surface area contributed by atoms with Gasteiger partial charge in [-0.15, -0.1) is 4.91 Å². The summed E-state index contributed by atoms with van der Waals surface area (Å²) >= 11 is 0. The number of nitrogens with zero attached hydrogens (tertiary/aromatic N) is 2. The average molecular weight is 236 g/mol. The van der Waals surface area contributed by atoms with Gasteiger partial charge in [0.1, 0.15) is 0 Å². The number of nitroso groups, excluding NO2 is 1. The van der Waals surface area contributed by atoms with Crippen LogP contribution in [0.15, 0.2) is 35.6 Å². The summed E-state index contributed by atoms with van der Waals surface area (Å²) in [5, 5.41) is 4.26. The molecular weight excluding hydrogens is 220 g/mol. The lowest BCUT2D eigenvalue weighted by Crippen LogP contribution is -2.18. The Hall–Kier alpha value is -1.91. The highest BCUT2D eigenvalue weighted by Crippen LogP contribution is 2.14. The van der Waals surface area contributed by atoms with Gasteiger partial charge in [-0.2, -0.15) is 0 Å². The summed E-state index contributed by atoms with van der Waals surface area (Å²) in [7, 11) is 0. The third-order valence-corrected chi connectivity index (χ3v) is 2.21. The van der Waals surface area contributed by atoms with Gasteiger partial charge in [-0.3, -0.25) is 4.79 Å². The van der Waals surface area contributed by atoms with Crippen LogP contribution in [0.1, 0.15) is 19.8 Å². The van der Waals surface area contributed by atoms with Crippen molar-refractivity contribution in [3.05, 3.63) is 35.2 Å². The zero-order chi connectivity index (χ0) is 12.5. The first-order valence-electron chi connectivity index (χ1n) is 5.59. The van der Waals surface area contributed by atoms with Crippen molar-refractivity contribution in [1.29, 1.82) is 0 Å². The van der Waals surface area contributed by atoms with E-state index in [9.17, 15) is 9.70 Å². The number of anilines is 1. The van der Waals surface area contributed by atoms with Crippen molar-refractivity contribution in [2.45, 2.75) is 19.8 Å². The third kappa shape index (κ3) is 4.63. The predicted molar refractivity (Wildman–Crippen MR) is 65.5 cm³/mol. The Morgan fingerprint density at radius 3 is 2.65 bits per heavy atom. The Labute approximate surface area is 100 Å². The minimum atomic E-state index is -0.244. The molecule has 0 radical (unpaired) electrons. The van der Waals surface area contributed by atoms with Gasteiger partial charge in [0.15, 0.2) is 0 Å². The second kappa shape index (κ2) is 7.38. The highest BCUT2D eigenvalue weighted by molar-refractivity contribution is 5.69. The van der Waals surface area contributed by atoms with Crippen LogP contribution in [-0.4, -0.2) is 19.1 Å². The molecule has 1 aromatic carbocycles. The van der Waals surface area contributed by atoms with Gasteiger partial charge in [-0.25, -0.2) is 5.01 Å². The highest BCUT2D eigenvalue weighted by Gasteiger charge is 2.07. The van der Waals surface area contributed by atoms with Crippen LogP contribution >= 0.6 is 0 Å². The highest BCUT2D eigenvalue weighted by atomic mass is 16.5. The molecule has 0 aromatic heterocycles. The maximum Gasteiger partial charge on any atom is 0.305 e. The largest absolute Gasteiger partial charge is 0.466 e. The Morgan fingerprint density at radius 1 is 1.35 bits per heavy atom. The van der Waals surface area contributed by atoms with E-state index in [1.807, 2.05) is 18.2 Å². The smallest absolute Gasteiger partial charge is 0.305 e. The van der Waals surface area contributed by atoms with E-state index in [2.05, 4.69) is 5.29 Å². The summed E-state index contributed by atoms with van der Waals surface area (Å²) in [6, 6.07) is 9.13. The van der Waals surface area contributed by atoms with Crippen LogP contribution in [0.5, 0.6) is 0 Å². The van der Waals surface area contributed by atoms with E-state index in [0.717, 1.165) is 5.69 Å². The van der Waals surface area contributed by atoms with Gasteiger partial charge < -0.3 is 4.74 Å². The first-order valence-corrected chi connectivity index (χ1v) is 5.59. The van der Waals surface area contributed by atoms with Gasteiger partial charge in [0.05, 0.1) is 17.6 Å². The maximum atomic E-state index is 11.1. The molecule has 0 heterocycles. The number of benzene rings is 1. The summed E-state index contributed by atoms with van der Waals surface area (Å²) in [5.74, 6) is -0.244. The lowest BCUT2D eigenvalue weighted by atomic mass is 10.2. The topological polar surface area (TPSA) is 59.0 Å². The molecule has 5 nitrogen and oxygen atoms in total. The van der Waals surface area contributed by atoms with Crippen LogP contribution in [0.25, 0.3) is 0 Å². The molecule has 1 aromatic rings. The summed E-state index contributed by atoms with van der Waals surface area (Å²) in [5.41, 5.74) is 0.728. The first-order chi connectivity index (χ1) is 8.27. The van der Waals surface area contributed by atoms with Gasteiger partial charge >= 0.3 is 5.97 Å². The van der Waals surface area contributed by atoms with Crippen molar-refractivity contribution in [3.63, 3.8) is 0 Å². The van der Waals surface area contributed by atoms with E-state index in [1.54, 1.807) is 19.1 Å². The number of hydrogen-bond acceptors (Lipinski definition) is 4. The summed E-state index contributed by atoms with van der Waals surface area (Å²) in [6.45, 7) is 2.56. The molecule has 17 heavy (non-hydrogen) atoms. The van der Waals surface area contributed by atoms with Crippen LogP contribution in [0.4, 0.5) is 5.69 Å². The number of carbonyl (C=O) groups excluding carboxylic acids is 1. The van der Waals surface area contributed by atoms with Crippen molar-refractivity contribution < 1.29 is 9.53 Å². The van der Waals surface area contributed by atoms with Crippen molar-refractivity contribution >= 4 is 11.7 Å². The van der Waals surface area contributed by atoms with Crippen LogP contribution in [-0.2, 0) is 9.53 Å². The second-order valence-corrected chi connectivity index (χ2v) is 3.45. The lowest BCUT2D eigenvalue weighted by molar-refractivity contribution is -0.143. The molecule has 1 rings (SSSR count). The number of para-hydroxylation sites is 1. The lowest BCUT2D eigenvalue weighted by Gasteiger charge is -2.14. The number of hydrogen-bond donors (Lipinski definition) is 0. The molecule has 0 N–H and O–H groups in total. The molecule has 0 saturated heterocycles. The molecule has 92 valence electrons. The summed E-state index contributed by atoms with van der Waals surface area (Å²) in [4.78, 5) is 21.8. The third-order valence-electron chi connectivity index (χ3n) is 2.21. The Bertz CT molecular complexity index is 354. The molecule has 0 saturated carbocycles. The second-order valence-electron chi connectivity index (χ2n) is 3.45. The molecule has 0 atom stereocenters. The van der Waals surface area contributed by atoms with E-state index in [4.69, 9.17) is 4.74 Å². The van der Waals surface area contributed by atoms with E-state index in [-0.39, 0.29) is 5.97 Å². The fourth-order valence-corrected chi connectivity index (χ4v) is 1.42. The summed E-state index contributed by atoms with van der Waals surface area (Å²) < 4.78 is 4.80. The van der Waals surface area contributed by atoms with Crippen molar-refractivity contribution in [3.8, 4) is 0 Å². The minimum absolute atomic E-state index is 0.244. The number of esters is 1. The molecule has 0 fully saturated rings. The van der Waals surface area contributed by atoms with E-state index < -0.39 is 0 Å². The van der Waals surface area contributed by atoms with E-state index in [0.29, 0.717) is 26.0 Å². The predicted octanol–water partition coefficient (Wildman–Crippen LogP) is 2.52. The Morgan fingerprint density at radius 2 is 2.06 bits per heavy atom. The molecule has 0 spiro atoms. The first kappa shape index (κ1) is 13.2. The van der Waals surface area contributed by atoms with Crippen LogP contribution < -0.4 is 5.01 Å². The molecule has 0 aliphatic carbocycles. The monoisotopic (exact) mass is 236 g/mol. The van der Waals surface area contributed by atoms with E-state index in [1.165, 1.54) is 5.01 Å². The zero-order valence-corrected chi connectivity index (χ0v) is 9.83. The van der Waals surface area contributed by atoms with Crippen molar-refractivity contribution in [2.24, 2.45) is 5.29 Å². The number of carbonyl (C=O) groups is 1. The number of ether oxygens (including phenoxy) is 1. The van der Waals surface area contributed by atoms with Gasteiger partial charge in [0, 0.05) is 13.0 Å². The molecule has 0 aliphatic heterocycles. The molecule has 0 aliphatic rings. The van der Waals surface area contributed by atoms with Crippen LogP contribution in [0.3, 0.4) is 0 Å². The maximum absolute atomic E-state index is 11.1. The quantitative estimate of drug-likeness (QED) is 0.414. The zero-order valence-electron chi connectivity index (χ0n) is 9.83. The molecule has 0 unspecified atom stereocenters. The van der Waals surface area contributed by atoms with Crippen LogP contribution in [0, 0.1) is 4.91 Å². The van der Waals surface area contributed by atoms with Gasteiger partial charge in [0.25, 0.3) is 0 Å².